The lowest BCUT2D eigenvalue weighted by Gasteiger charge is -2.27. The first-order valence-corrected chi connectivity index (χ1v) is 6.64. The van der Waals surface area contributed by atoms with Crippen LogP contribution >= 0.6 is 0 Å². The fourth-order valence-corrected chi connectivity index (χ4v) is 2.56. The van der Waals surface area contributed by atoms with E-state index in [1.165, 1.54) is 0 Å². The van der Waals surface area contributed by atoms with Gasteiger partial charge in [-0.2, -0.15) is 0 Å². The van der Waals surface area contributed by atoms with E-state index < -0.39 is 0 Å². The van der Waals surface area contributed by atoms with Crippen molar-refractivity contribution in [2.24, 2.45) is 0 Å². The lowest BCUT2D eigenvalue weighted by atomic mass is 9.91. The van der Waals surface area contributed by atoms with Crippen molar-refractivity contribution in [3.63, 3.8) is 0 Å². The van der Waals surface area contributed by atoms with Gasteiger partial charge in [-0.3, -0.25) is 9.48 Å². The Morgan fingerprint density at radius 2 is 2.50 bits per heavy atom. The molecule has 6 nitrogen and oxygen atoms in total. The number of nitrogens with one attached hydrogen (secondary N) is 2. The van der Waals surface area contributed by atoms with Gasteiger partial charge in [-0.05, 0) is 25.8 Å². The maximum Gasteiger partial charge on any atom is 0.240 e. The van der Waals surface area contributed by atoms with Crippen molar-refractivity contribution >= 4 is 5.91 Å². The largest absolute Gasteiger partial charge is 0.353 e. The molecule has 1 aliphatic rings. The minimum absolute atomic E-state index is 0.127. The van der Waals surface area contributed by atoms with Crippen molar-refractivity contribution < 1.29 is 4.79 Å². The topological polar surface area (TPSA) is 71.8 Å². The van der Waals surface area contributed by atoms with Crippen LogP contribution in [0.2, 0.25) is 0 Å². The molecule has 1 aliphatic heterocycles. The highest BCUT2D eigenvalue weighted by atomic mass is 16.2. The molecular weight excluding hydrogens is 230 g/mol. The average molecular weight is 251 g/mol. The fourth-order valence-electron chi connectivity index (χ4n) is 2.56. The van der Waals surface area contributed by atoms with E-state index in [4.69, 9.17) is 0 Å². The summed E-state index contributed by atoms with van der Waals surface area (Å²) in [7, 11) is 0. The van der Waals surface area contributed by atoms with E-state index in [-0.39, 0.29) is 11.4 Å². The molecule has 1 fully saturated rings. The molecular formula is C12H21N5O. The van der Waals surface area contributed by atoms with E-state index in [2.05, 4.69) is 27.9 Å². The van der Waals surface area contributed by atoms with Gasteiger partial charge in [-0.1, -0.05) is 18.6 Å². The summed E-state index contributed by atoms with van der Waals surface area (Å²) in [5, 5.41) is 14.0. The predicted molar refractivity (Wildman–Crippen MR) is 67.9 cm³/mol. The van der Waals surface area contributed by atoms with Crippen LogP contribution < -0.4 is 10.6 Å². The van der Waals surface area contributed by atoms with Gasteiger partial charge in [0.1, 0.15) is 0 Å². The Labute approximate surface area is 107 Å². The summed E-state index contributed by atoms with van der Waals surface area (Å²) in [6.45, 7) is 4.31. The molecule has 6 heteroatoms. The number of carbonyl (C=O) groups excluding carboxylic acids is 1. The molecule has 1 aromatic rings. The number of aromatic nitrogens is 3. The Kier molecular flexibility index (Phi) is 4.30. The lowest BCUT2D eigenvalue weighted by molar-refractivity contribution is -0.127. The molecule has 2 rings (SSSR count). The first-order chi connectivity index (χ1) is 8.77. The monoisotopic (exact) mass is 251 g/mol. The Bertz CT molecular complexity index is 370. The molecule has 2 N–H and O–H groups in total. The highest BCUT2D eigenvalue weighted by Gasteiger charge is 2.39. The number of hydrogen-bond acceptors (Lipinski definition) is 4. The van der Waals surface area contributed by atoms with Crippen LogP contribution in [0.25, 0.3) is 0 Å². The van der Waals surface area contributed by atoms with E-state index in [1.54, 1.807) is 17.1 Å². The summed E-state index contributed by atoms with van der Waals surface area (Å²) in [5.74, 6) is 0.127. The molecule has 0 saturated carbocycles. The van der Waals surface area contributed by atoms with Crippen LogP contribution in [-0.2, 0) is 11.3 Å². The molecule has 0 bridgehead atoms. The summed E-state index contributed by atoms with van der Waals surface area (Å²) in [6, 6.07) is 0. The lowest BCUT2D eigenvalue weighted by Crippen LogP contribution is -2.53. The van der Waals surface area contributed by atoms with Crippen LogP contribution in [-0.4, -0.2) is 39.5 Å². The smallest absolute Gasteiger partial charge is 0.240 e. The fraction of sp³-hybridized carbons (Fsp3) is 0.750. The van der Waals surface area contributed by atoms with Gasteiger partial charge in [-0.15, -0.1) is 5.10 Å². The zero-order chi connectivity index (χ0) is 12.8. The number of nitrogens with zero attached hydrogens (tertiary/aromatic N) is 3. The molecule has 1 unspecified atom stereocenters. The highest BCUT2D eigenvalue weighted by Crippen LogP contribution is 2.24. The standard InChI is InChI=1S/C12H21N5O/c1-2-4-12(5-3-6-14-12)11(18)13-7-9-17-10-8-15-16-17/h8,10,14H,2-7,9H2,1H3,(H,13,18). The van der Waals surface area contributed by atoms with Crippen LogP contribution in [0.1, 0.15) is 32.6 Å². The van der Waals surface area contributed by atoms with E-state index in [9.17, 15) is 4.79 Å². The van der Waals surface area contributed by atoms with Crippen molar-refractivity contribution in [1.82, 2.24) is 25.6 Å². The second-order valence-corrected chi connectivity index (χ2v) is 4.78. The van der Waals surface area contributed by atoms with Crippen molar-refractivity contribution in [1.29, 1.82) is 0 Å². The molecule has 18 heavy (non-hydrogen) atoms. The zero-order valence-corrected chi connectivity index (χ0v) is 10.9. The number of amides is 1. The van der Waals surface area contributed by atoms with Crippen LogP contribution in [0.4, 0.5) is 0 Å². The molecule has 0 aromatic carbocycles. The molecule has 0 aliphatic carbocycles. The predicted octanol–water partition coefficient (Wildman–Crippen LogP) is 0.317. The van der Waals surface area contributed by atoms with Crippen LogP contribution in [0, 0.1) is 0 Å². The van der Waals surface area contributed by atoms with E-state index in [0.29, 0.717) is 13.1 Å². The Balaban J connectivity index is 1.82. The van der Waals surface area contributed by atoms with Gasteiger partial charge in [0.25, 0.3) is 0 Å². The first kappa shape index (κ1) is 13.0. The zero-order valence-electron chi connectivity index (χ0n) is 10.9. The van der Waals surface area contributed by atoms with E-state index in [1.807, 2.05) is 0 Å². The maximum atomic E-state index is 12.3. The molecule has 1 atom stereocenters. The maximum absolute atomic E-state index is 12.3. The number of carbonyl (C=O) groups is 1. The van der Waals surface area contributed by atoms with E-state index >= 15 is 0 Å². The van der Waals surface area contributed by atoms with Gasteiger partial charge >= 0.3 is 0 Å². The molecule has 1 aromatic heterocycles. The SMILES string of the molecule is CCCC1(C(=O)NCCn2ccnn2)CCCN1. The molecule has 2 heterocycles. The Hall–Kier alpha value is -1.43. The van der Waals surface area contributed by atoms with Crippen LogP contribution in [0.5, 0.6) is 0 Å². The minimum Gasteiger partial charge on any atom is -0.353 e. The Morgan fingerprint density at radius 3 is 3.11 bits per heavy atom. The van der Waals surface area contributed by atoms with Gasteiger partial charge in [0.15, 0.2) is 0 Å². The van der Waals surface area contributed by atoms with Gasteiger partial charge in [0, 0.05) is 12.7 Å². The average Bonchev–Trinajstić information content (AvgIpc) is 3.01. The molecule has 0 radical (unpaired) electrons. The molecule has 0 spiro atoms. The summed E-state index contributed by atoms with van der Waals surface area (Å²) in [6.07, 6.45) is 7.37. The molecule has 100 valence electrons. The van der Waals surface area contributed by atoms with Crippen LogP contribution in [0.15, 0.2) is 12.4 Å². The van der Waals surface area contributed by atoms with Crippen LogP contribution in [0.3, 0.4) is 0 Å². The normalized spacial score (nSPS) is 23.2. The van der Waals surface area contributed by atoms with E-state index in [0.717, 1.165) is 32.2 Å². The number of rotatable bonds is 6. The summed E-state index contributed by atoms with van der Waals surface area (Å²) < 4.78 is 1.72. The van der Waals surface area contributed by atoms with Gasteiger partial charge in [0.2, 0.25) is 5.91 Å². The van der Waals surface area contributed by atoms with Crippen molar-refractivity contribution in [2.45, 2.75) is 44.7 Å². The second-order valence-electron chi connectivity index (χ2n) is 4.78. The minimum atomic E-state index is -0.336. The number of hydrogen-bond donors (Lipinski definition) is 2. The second kappa shape index (κ2) is 5.95. The van der Waals surface area contributed by atoms with Crippen molar-refractivity contribution in [2.75, 3.05) is 13.1 Å². The Morgan fingerprint density at radius 1 is 1.61 bits per heavy atom. The van der Waals surface area contributed by atoms with Crippen molar-refractivity contribution in [3.8, 4) is 0 Å². The summed E-state index contributed by atoms with van der Waals surface area (Å²) >= 11 is 0. The molecule has 1 amide bonds. The summed E-state index contributed by atoms with van der Waals surface area (Å²) in [5.41, 5.74) is -0.336. The third-order valence-corrected chi connectivity index (χ3v) is 3.45. The highest BCUT2D eigenvalue weighted by molar-refractivity contribution is 5.86. The first-order valence-electron chi connectivity index (χ1n) is 6.64. The quantitative estimate of drug-likeness (QED) is 0.763. The third-order valence-electron chi connectivity index (χ3n) is 3.45. The van der Waals surface area contributed by atoms with Crippen molar-refractivity contribution in [3.05, 3.63) is 12.4 Å². The van der Waals surface area contributed by atoms with Gasteiger partial charge in [-0.25, -0.2) is 0 Å². The van der Waals surface area contributed by atoms with Gasteiger partial charge < -0.3 is 10.6 Å². The summed E-state index contributed by atoms with van der Waals surface area (Å²) in [4.78, 5) is 12.3. The molecule has 1 saturated heterocycles. The van der Waals surface area contributed by atoms with Gasteiger partial charge in [0.05, 0.1) is 18.3 Å². The third kappa shape index (κ3) is 2.87.